The minimum atomic E-state index is -3.30. The summed E-state index contributed by atoms with van der Waals surface area (Å²) in [5.41, 5.74) is 15.2. The molecule has 0 fully saturated rings. The van der Waals surface area contributed by atoms with Gasteiger partial charge in [0.25, 0.3) is 0 Å². The molecule has 5 nitrogen and oxygen atoms in total. The Hall–Kier alpha value is -9.23. The van der Waals surface area contributed by atoms with Crippen molar-refractivity contribution in [2.75, 3.05) is 21.4 Å². The van der Waals surface area contributed by atoms with Crippen LogP contribution in [0.4, 0.5) is 39.9 Å². The number of benzene rings is 10. The lowest BCUT2D eigenvalue weighted by Crippen LogP contribution is -2.75. The number of ether oxygens (including phenoxy) is 1. The second kappa shape index (κ2) is 21.2. The molecule has 0 radical (unpaired) electrons. The van der Waals surface area contributed by atoms with Gasteiger partial charge in [0.15, 0.2) is 8.07 Å². The van der Waals surface area contributed by atoms with Crippen LogP contribution in [0, 0.1) is 6.92 Å². The predicted octanol–water partition coefficient (Wildman–Crippen LogP) is 19.8. The van der Waals surface area contributed by atoms with Crippen molar-refractivity contribution in [2.24, 2.45) is 0 Å². The van der Waals surface area contributed by atoms with E-state index in [9.17, 15) is 2.74 Å². The Labute approximate surface area is 543 Å². The summed E-state index contributed by atoms with van der Waals surface area (Å²) in [6.45, 7) is 29.1. The zero-order chi connectivity index (χ0) is 70.6. The highest BCUT2D eigenvalue weighted by atomic mass is 28.3. The molecule has 89 heavy (non-hydrogen) atoms. The van der Waals surface area contributed by atoms with Crippen molar-refractivity contribution in [1.29, 1.82) is 0 Å². The van der Waals surface area contributed by atoms with Crippen molar-refractivity contribution in [3.8, 4) is 56.0 Å². The molecule has 0 saturated carbocycles. The number of para-hydroxylation sites is 4. The highest BCUT2D eigenvalue weighted by molar-refractivity contribution is 7.23. The van der Waals surface area contributed by atoms with Crippen LogP contribution in [0.25, 0.3) is 44.5 Å². The number of pyridine rings is 1. The number of hydrogen-bond acceptors (Lipinski definition) is 5. The van der Waals surface area contributed by atoms with Crippen LogP contribution in [-0.4, -0.2) is 19.7 Å². The fourth-order valence-corrected chi connectivity index (χ4v) is 19.1. The molecular formula is C83H80N4OSi. The number of aromatic nitrogens is 1. The summed E-state index contributed by atoms with van der Waals surface area (Å²) in [6, 6.07) is 56.6. The Bertz CT molecular complexity index is 5060. The molecule has 4 heterocycles. The van der Waals surface area contributed by atoms with Gasteiger partial charge in [0.1, 0.15) is 24.0 Å². The maximum Gasteiger partial charge on any atom is 0.185 e. The lowest BCUT2D eigenvalue weighted by Gasteiger charge is -2.43. The molecule has 0 saturated heterocycles. The Morgan fingerprint density at radius 2 is 0.921 bits per heavy atom. The quantitative estimate of drug-likeness (QED) is 0.142. The summed E-state index contributed by atoms with van der Waals surface area (Å²) in [7, 11) is -3.30. The number of aryl methyl sites for hydroxylation is 1. The predicted molar refractivity (Wildman–Crippen MR) is 379 cm³/mol. The molecule has 0 aliphatic carbocycles. The highest BCUT2D eigenvalue weighted by Crippen LogP contribution is 2.52. The molecule has 3 aliphatic rings. The van der Waals surface area contributed by atoms with E-state index in [-0.39, 0.29) is 63.6 Å². The molecular weight excluding hydrogens is 1100 g/mol. The van der Waals surface area contributed by atoms with E-state index in [1.54, 1.807) is 6.20 Å². The van der Waals surface area contributed by atoms with Crippen molar-refractivity contribution < 1.29 is 18.4 Å². The Balaban J connectivity index is 0.938. The van der Waals surface area contributed by atoms with E-state index >= 15 is 0 Å². The van der Waals surface area contributed by atoms with E-state index in [1.807, 2.05) is 55.5 Å². The zero-order valence-electron chi connectivity index (χ0n) is 63.1. The van der Waals surface area contributed by atoms with E-state index in [2.05, 4.69) is 219 Å². The maximum absolute atomic E-state index is 9.41. The van der Waals surface area contributed by atoms with Crippen molar-refractivity contribution >= 4 is 68.8 Å². The van der Waals surface area contributed by atoms with E-state index in [0.717, 1.165) is 55.9 Å². The third-order valence-corrected chi connectivity index (χ3v) is 23.2. The minimum absolute atomic E-state index is 0.0920. The molecule has 442 valence electrons. The van der Waals surface area contributed by atoms with Gasteiger partial charge in [-0.25, -0.2) is 4.98 Å². The smallest absolute Gasteiger partial charge is 0.185 e. The summed E-state index contributed by atoms with van der Waals surface area (Å²) in [4.78, 5) is 11.9. The van der Waals surface area contributed by atoms with Crippen molar-refractivity contribution in [3.05, 3.63) is 264 Å². The van der Waals surface area contributed by atoms with Gasteiger partial charge in [-0.3, -0.25) is 4.90 Å². The van der Waals surface area contributed by atoms with Crippen LogP contribution in [0.15, 0.2) is 236 Å². The van der Waals surface area contributed by atoms with Crippen LogP contribution in [0.5, 0.6) is 11.5 Å². The Morgan fingerprint density at radius 1 is 0.404 bits per heavy atom. The van der Waals surface area contributed by atoms with Crippen LogP contribution < -0.4 is 40.2 Å². The zero-order valence-corrected chi connectivity index (χ0v) is 54.1. The van der Waals surface area contributed by atoms with E-state index in [4.69, 9.17) is 20.7 Å². The molecule has 10 aromatic carbocycles. The van der Waals surface area contributed by atoms with Gasteiger partial charge < -0.3 is 14.5 Å². The van der Waals surface area contributed by atoms with Gasteiger partial charge in [0.2, 0.25) is 0 Å². The number of fused-ring (bicyclic) bond motifs is 10. The highest BCUT2D eigenvalue weighted by Gasteiger charge is 2.55. The molecule has 0 atom stereocenters. The van der Waals surface area contributed by atoms with E-state index in [1.165, 1.54) is 37.8 Å². The Morgan fingerprint density at radius 3 is 1.51 bits per heavy atom. The average Bonchev–Trinajstić information content (AvgIpc) is 1.56. The van der Waals surface area contributed by atoms with Gasteiger partial charge in [0.05, 0.1) is 36.5 Å². The monoisotopic (exact) mass is 1190 g/mol. The van der Waals surface area contributed by atoms with E-state index < -0.39 is 44.3 Å². The second-order valence-corrected chi connectivity index (χ2v) is 31.9. The fourth-order valence-electron chi connectivity index (χ4n) is 13.5. The topological polar surface area (TPSA) is 31.8 Å². The first-order valence-electron chi connectivity index (χ1n) is 35.9. The molecule has 1 aromatic heterocycles. The third-order valence-electron chi connectivity index (χ3n) is 18.3. The van der Waals surface area contributed by atoms with Crippen LogP contribution in [0.1, 0.15) is 125 Å². The molecule has 14 rings (SSSR count). The summed E-state index contributed by atoms with van der Waals surface area (Å²) in [5.74, 6) is 1.73. The maximum atomic E-state index is 9.41. The third kappa shape index (κ3) is 9.88. The molecule has 3 aliphatic heterocycles. The van der Waals surface area contributed by atoms with Gasteiger partial charge in [0, 0.05) is 46.4 Å². The second-order valence-electron chi connectivity index (χ2n) is 28.2. The summed E-state index contributed by atoms with van der Waals surface area (Å²) >= 11 is 0. The lowest BCUT2D eigenvalue weighted by molar-refractivity contribution is 0.483. The first-order chi connectivity index (χ1) is 46.7. The minimum Gasteiger partial charge on any atom is -0.457 e. The van der Waals surface area contributed by atoms with Crippen LogP contribution in [-0.2, 0) is 21.7 Å². The molecule has 6 heteroatoms. The molecule has 1 spiro atoms. The number of rotatable bonds is 8. The molecule has 0 N–H and O–H groups in total. The van der Waals surface area contributed by atoms with Gasteiger partial charge in [-0.2, -0.15) is 0 Å². The standard InChI is InChI=1S/C83H80N4OSi/c1-54-44-78(84-52-69(54)56-28-18-15-19-29-56)87-72-36-22-23-37-74(72)89(76-48-58(80(2,3)4)38-41-67(76)68-42-39-59(49-77(68)89)81(5,6)7)75-43-40-64(51-73(75)87)88-63-31-24-30-62(50-63)85-53-86(71-35-21-20-34-70(71)85)79-65(55-26-16-14-17-27-55)32-25-33-66(79)57-45-60(82(8,9)10)47-61(46-57)83(11,12)13/h14-52H,53H2,1-13H3/i14D,15D,16D,17D,18D,19D,26D,27D,28D,29D. The lowest BCUT2D eigenvalue weighted by atomic mass is 9.78. The Kier molecular flexibility index (Phi) is 11.2. The summed E-state index contributed by atoms with van der Waals surface area (Å²) in [5, 5.41) is 4.96. The van der Waals surface area contributed by atoms with Gasteiger partial charge in [-0.05, 0) is 147 Å². The molecule has 0 bridgehead atoms. The summed E-state index contributed by atoms with van der Waals surface area (Å²) < 4.78 is 96.0. The average molecular weight is 1190 g/mol. The van der Waals surface area contributed by atoms with E-state index in [0.29, 0.717) is 39.7 Å². The molecule has 0 amide bonds. The van der Waals surface area contributed by atoms with Gasteiger partial charge in [-0.15, -0.1) is 0 Å². The van der Waals surface area contributed by atoms with Crippen LogP contribution >= 0.6 is 0 Å². The summed E-state index contributed by atoms with van der Waals surface area (Å²) in [6.07, 6.45) is 1.64. The molecule has 0 unspecified atom stereocenters. The SMILES string of the molecule is [2H]c1c([2H])c([2H])c(-c2cnc(N3c4ccccc4[Si]4(c5cc(C(C)(C)C)ccc5-c5ccc(C(C)(C)C)cc54)c4ccc(Oc5cccc(N6CN(c7c(-c8cc(C(C)(C)C)cc(C(C)(C)C)c8)cccc7-c7c([2H])c([2H])c([2H])c([2H])c7[2H])c7ccccc76)c5)cc43)cc2C)c([2H])c1[2H]. The van der Waals surface area contributed by atoms with Gasteiger partial charge >= 0.3 is 0 Å². The number of nitrogens with zero attached hydrogens (tertiary/aromatic N) is 4. The molecule has 11 aromatic rings. The van der Waals surface area contributed by atoms with Crippen molar-refractivity contribution in [1.82, 2.24) is 4.98 Å². The number of anilines is 7. The van der Waals surface area contributed by atoms with Gasteiger partial charge in [-0.1, -0.05) is 259 Å². The van der Waals surface area contributed by atoms with Crippen LogP contribution in [0.3, 0.4) is 0 Å². The fraction of sp³-hybridized carbons (Fsp3) is 0.217. The first kappa shape index (κ1) is 46.9. The van der Waals surface area contributed by atoms with Crippen LogP contribution in [0.2, 0.25) is 0 Å². The first-order valence-corrected chi connectivity index (χ1v) is 32.9. The van der Waals surface area contributed by atoms with Crippen molar-refractivity contribution in [2.45, 2.75) is 112 Å². The largest absolute Gasteiger partial charge is 0.457 e. The normalized spacial score (nSPS) is 15.7. The van der Waals surface area contributed by atoms with Crippen molar-refractivity contribution in [3.63, 3.8) is 0 Å². The number of hydrogen-bond donors (Lipinski definition) is 0.